The molecule has 3 nitrogen and oxygen atoms in total. The smallest absolute Gasteiger partial charge is 0.180 e. The number of fused-ring (bicyclic) bond motifs is 8. The molecule has 0 atom stereocenters. The van der Waals surface area contributed by atoms with Gasteiger partial charge < -0.3 is 4.42 Å². The molecule has 1 spiro atoms. The van der Waals surface area contributed by atoms with Gasteiger partial charge in [-0.15, -0.1) is 0 Å². The maximum atomic E-state index is 6.41. The molecular formula is C40H30N2O. The van der Waals surface area contributed by atoms with Crippen LogP contribution in [0.5, 0.6) is 0 Å². The lowest BCUT2D eigenvalue weighted by Gasteiger charge is -2.36. The van der Waals surface area contributed by atoms with Crippen molar-refractivity contribution in [2.24, 2.45) is 0 Å². The van der Waals surface area contributed by atoms with E-state index in [-0.39, 0.29) is 5.41 Å². The predicted molar refractivity (Wildman–Crippen MR) is 175 cm³/mol. The van der Waals surface area contributed by atoms with E-state index in [1.807, 2.05) is 36.4 Å². The Labute approximate surface area is 250 Å². The van der Waals surface area contributed by atoms with Gasteiger partial charge in [-0.2, -0.15) is 0 Å². The number of benzene rings is 5. The Morgan fingerprint density at radius 2 is 1.26 bits per heavy atom. The van der Waals surface area contributed by atoms with Crippen molar-refractivity contribution in [1.29, 1.82) is 0 Å². The highest BCUT2D eigenvalue weighted by molar-refractivity contribution is 6.07. The summed E-state index contributed by atoms with van der Waals surface area (Å²) < 4.78 is 6.41. The molecule has 0 amide bonds. The standard InChI is InChI=1S/C40H30N2O/c1-3-12-26(13-4-1)39-41-36(38-37(42-39)31-17-6-8-19-35(31)43-38)29-15-11-14-27(24-29)28-20-21-34-32(25-28)30-16-5-7-18-33(30)40(34)22-9-2-10-23-40/h1,3-8,11-21,24-25H,2,9-10,22-23H2. The van der Waals surface area contributed by atoms with Gasteiger partial charge in [-0.1, -0.05) is 116 Å². The van der Waals surface area contributed by atoms with Gasteiger partial charge in [-0.25, -0.2) is 9.97 Å². The largest absolute Gasteiger partial charge is 0.452 e. The molecule has 1 fully saturated rings. The first kappa shape index (κ1) is 24.6. The van der Waals surface area contributed by atoms with Gasteiger partial charge in [0, 0.05) is 21.9 Å². The molecule has 2 heterocycles. The number of aromatic nitrogens is 2. The second-order valence-electron chi connectivity index (χ2n) is 12.1. The van der Waals surface area contributed by atoms with Crippen LogP contribution in [0.1, 0.15) is 43.2 Å². The quantitative estimate of drug-likeness (QED) is 0.218. The van der Waals surface area contributed by atoms with Crippen LogP contribution in [0, 0.1) is 0 Å². The minimum Gasteiger partial charge on any atom is -0.452 e. The molecule has 0 radical (unpaired) electrons. The fourth-order valence-corrected chi connectivity index (χ4v) is 7.69. The van der Waals surface area contributed by atoms with Gasteiger partial charge in [-0.05, 0) is 70.5 Å². The highest BCUT2D eigenvalue weighted by Gasteiger charge is 2.43. The fraction of sp³-hybridized carbons (Fsp3) is 0.150. The monoisotopic (exact) mass is 554 g/mol. The summed E-state index contributed by atoms with van der Waals surface area (Å²) in [5, 5.41) is 1.00. The summed E-state index contributed by atoms with van der Waals surface area (Å²) >= 11 is 0. The van der Waals surface area contributed by atoms with E-state index in [1.165, 1.54) is 65.5 Å². The van der Waals surface area contributed by atoms with Gasteiger partial charge in [0.2, 0.25) is 0 Å². The second kappa shape index (κ2) is 9.50. The summed E-state index contributed by atoms with van der Waals surface area (Å²) in [6, 6.07) is 43.3. The van der Waals surface area contributed by atoms with Crippen LogP contribution in [0.25, 0.3) is 67.0 Å². The first-order chi connectivity index (χ1) is 21.3. The first-order valence-electron chi connectivity index (χ1n) is 15.4. The van der Waals surface area contributed by atoms with Crippen molar-refractivity contribution in [1.82, 2.24) is 9.97 Å². The average molecular weight is 555 g/mol. The number of nitrogens with zero attached hydrogens (tertiary/aromatic N) is 2. The Balaban J connectivity index is 1.21. The van der Waals surface area contributed by atoms with Crippen molar-refractivity contribution in [3.05, 3.63) is 132 Å². The third-order valence-electron chi connectivity index (χ3n) is 9.70. The molecule has 0 N–H and O–H groups in total. The number of furan rings is 1. The fourth-order valence-electron chi connectivity index (χ4n) is 7.69. The Kier molecular flexibility index (Phi) is 5.43. The lowest BCUT2D eigenvalue weighted by atomic mass is 9.68. The van der Waals surface area contributed by atoms with E-state index in [0.717, 1.165) is 38.9 Å². The summed E-state index contributed by atoms with van der Waals surface area (Å²) in [4.78, 5) is 10.1. The maximum absolute atomic E-state index is 6.41. The van der Waals surface area contributed by atoms with E-state index in [1.54, 1.807) is 0 Å². The minimum absolute atomic E-state index is 0.173. The van der Waals surface area contributed by atoms with Crippen molar-refractivity contribution in [2.75, 3.05) is 0 Å². The molecule has 0 saturated heterocycles. The third-order valence-corrected chi connectivity index (χ3v) is 9.70. The van der Waals surface area contributed by atoms with Crippen molar-refractivity contribution in [3.8, 4) is 44.9 Å². The number of hydrogen-bond acceptors (Lipinski definition) is 3. The first-order valence-corrected chi connectivity index (χ1v) is 15.4. The molecule has 5 aromatic carbocycles. The zero-order chi connectivity index (χ0) is 28.4. The Morgan fingerprint density at radius 1 is 0.535 bits per heavy atom. The zero-order valence-electron chi connectivity index (χ0n) is 23.9. The van der Waals surface area contributed by atoms with Crippen LogP contribution in [-0.2, 0) is 5.41 Å². The molecule has 2 aliphatic rings. The van der Waals surface area contributed by atoms with Crippen LogP contribution in [0.3, 0.4) is 0 Å². The van der Waals surface area contributed by atoms with Crippen LogP contribution in [0.2, 0.25) is 0 Å². The van der Waals surface area contributed by atoms with Crippen LogP contribution in [0.15, 0.2) is 126 Å². The number of rotatable bonds is 3. The highest BCUT2D eigenvalue weighted by atomic mass is 16.3. The van der Waals surface area contributed by atoms with E-state index in [0.29, 0.717) is 5.82 Å². The van der Waals surface area contributed by atoms with Gasteiger partial charge in [0.25, 0.3) is 0 Å². The summed E-state index contributed by atoms with van der Waals surface area (Å²) in [5.41, 5.74) is 13.6. The lowest BCUT2D eigenvalue weighted by Crippen LogP contribution is -2.27. The summed E-state index contributed by atoms with van der Waals surface area (Å²) in [6.07, 6.45) is 6.45. The second-order valence-corrected chi connectivity index (χ2v) is 12.1. The van der Waals surface area contributed by atoms with Crippen molar-refractivity contribution in [2.45, 2.75) is 37.5 Å². The van der Waals surface area contributed by atoms with Crippen molar-refractivity contribution >= 4 is 22.1 Å². The van der Waals surface area contributed by atoms with E-state index in [2.05, 4.69) is 84.9 Å². The lowest BCUT2D eigenvalue weighted by molar-refractivity contribution is 0.353. The zero-order valence-corrected chi connectivity index (χ0v) is 23.9. The Hall–Kier alpha value is -5.02. The van der Waals surface area contributed by atoms with Gasteiger partial charge in [0.15, 0.2) is 11.4 Å². The molecule has 0 unspecified atom stereocenters. The molecule has 1 saturated carbocycles. The van der Waals surface area contributed by atoms with Crippen molar-refractivity contribution in [3.63, 3.8) is 0 Å². The third kappa shape index (κ3) is 3.74. The highest BCUT2D eigenvalue weighted by Crippen LogP contribution is 2.56. The normalized spacial score (nSPS) is 15.2. The van der Waals surface area contributed by atoms with E-state index in [9.17, 15) is 0 Å². The topological polar surface area (TPSA) is 38.9 Å². The molecule has 2 aliphatic carbocycles. The molecule has 2 aromatic heterocycles. The Morgan fingerprint density at radius 3 is 2.16 bits per heavy atom. The van der Waals surface area contributed by atoms with E-state index >= 15 is 0 Å². The molecule has 43 heavy (non-hydrogen) atoms. The SMILES string of the molecule is c1ccc(-c2nc(-c3cccc(-c4ccc5c(c4)-c4ccccc4C54CCCCC4)c3)c3oc4ccccc4c3n2)cc1. The average Bonchev–Trinajstić information content (AvgIpc) is 3.58. The number of para-hydroxylation sites is 1. The predicted octanol–water partition coefficient (Wildman–Crippen LogP) is 10.6. The molecule has 3 heteroatoms. The molecule has 7 aromatic rings. The van der Waals surface area contributed by atoms with Crippen molar-refractivity contribution < 1.29 is 4.42 Å². The van der Waals surface area contributed by atoms with Gasteiger partial charge in [-0.3, -0.25) is 0 Å². The summed E-state index contributed by atoms with van der Waals surface area (Å²) in [7, 11) is 0. The molecular weight excluding hydrogens is 524 g/mol. The van der Waals surface area contributed by atoms with Gasteiger partial charge in [0.05, 0.1) is 0 Å². The molecule has 0 aliphatic heterocycles. The summed E-state index contributed by atoms with van der Waals surface area (Å²) in [6.45, 7) is 0. The van der Waals surface area contributed by atoms with E-state index in [4.69, 9.17) is 14.4 Å². The van der Waals surface area contributed by atoms with Crippen LogP contribution < -0.4 is 0 Å². The van der Waals surface area contributed by atoms with E-state index < -0.39 is 0 Å². The minimum atomic E-state index is 0.173. The molecule has 9 rings (SSSR count). The van der Waals surface area contributed by atoms with Crippen LogP contribution in [0.4, 0.5) is 0 Å². The number of hydrogen-bond donors (Lipinski definition) is 0. The molecule has 206 valence electrons. The summed E-state index contributed by atoms with van der Waals surface area (Å²) in [5.74, 6) is 0.701. The van der Waals surface area contributed by atoms with Crippen LogP contribution in [-0.4, -0.2) is 9.97 Å². The van der Waals surface area contributed by atoms with Gasteiger partial charge >= 0.3 is 0 Å². The van der Waals surface area contributed by atoms with Crippen LogP contribution >= 0.6 is 0 Å². The molecule has 0 bridgehead atoms. The Bertz CT molecular complexity index is 2170. The van der Waals surface area contributed by atoms with Gasteiger partial charge in [0.1, 0.15) is 16.8 Å². The maximum Gasteiger partial charge on any atom is 0.180 e.